The van der Waals surface area contributed by atoms with Crippen LogP contribution in [0.1, 0.15) is 36.0 Å². The molecule has 0 radical (unpaired) electrons. The maximum Gasteiger partial charge on any atom is 0.231 e. The van der Waals surface area contributed by atoms with Gasteiger partial charge in [0.25, 0.3) is 0 Å². The van der Waals surface area contributed by atoms with Crippen molar-refractivity contribution in [1.29, 1.82) is 0 Å². The van der Waals surface area contributed by atoms with E-state index in [1.54, 1.807) is 0 Å². The average molecular weight is 604 g/mol. The zero-order valence-electron chi connectivity index (χ0n) is 24.9. The molecule has 8 rings (SSSR count). The Morgan fingerprint density at radius 3 is 2.09 bits per heavy atom. The summed E-state index contributed by atoms with van der Waals surface area (Å²) in [5.74, 6) is 4.88. The predicted molar refractivity (Wildman–Crippen MR) is 170 cm³/mol. The molecule has 0 saturated carbocycles. The molecule has 8 heterocycles. The van der Waals surface area contributed by atoms with Crippen LogP contribution in [0.3, 0.4) is 0 Å². The number of fused-ring (bicyclic) bond motifs is 2. The number of rotatable bonds is 5. The van der Waals surface area contributed by atoms with Gasteiger partial charge in [0, 0.05) is 38.6 Å². The summed E-state index contributed by atoms with van der Waals surface area (Å²) >= 11 is 0. The third-order valence-corrected chi connectivity index (χ3v) is 8.25. The molecule has 2 fully saturated rings. The molecule has 0 aromatic carbocycles. The molecule has 6 aromatic heterocycles. The minimum atomic E-state index is 0.239. The Kier molecular flexibility index (Phi) is 7.68. The first-order valence-electron chi connectivity index (χ1n) is 14.9. The molecule has 6 aromatic rings. The Balaban J connectivity index is 0.000000145. The number of nitrogens with zero attached hydrogens (tertiary/aromatic N) is 11. The van der Waals surface area contributed by atoms with E-state index in [0.29, 0.717) is 40.3 Å². The molecule has 0 bridgehead atoms. The van der Waals surface area contributed by atoms with Crippen molar-refractivity contribution in [2.75, 3.05) is 47.4 Å². The van der Waals surface area contributed by atoms with Gasteiger partial charge in [-0.15, -0.1) is 0 Å². The lowest BCUT2D eigenvalue weighted by molar-refractivity contribution is 0.356. The molecule has 4 N–H and O–H groups in total. The fraction of sp³-hybridized carbons (Fsp3) is 0.323. The van der Waals surface area contributed by atoms with Gasteiger partial charge >= 0.3 is 0 Å². The number of aromatic nitrogens is 9. The Morgan fingerprint density at radius 2 is 1.47 bits per heavy atom. The first-order valence-corrected chi connectivity index (χ1v) is 14.9. The van der Waals surface area contributed by atoms with Crippen molar-refractivity contribution in [1.82, 2.24) is 45.0 Å². The fourth-order valence-electron chi connectivity index (χ4n) is 5.96. The number of pyridine rings is 3. The second kappa shape index (κ2) is 12.2. The summed E-state index contributed by atoms with van der Waals surface area (Å²) in [4.78, 5) is 38.7. The maximum atomic E-state index is 5.91. The lowest BCUT2D eigenvalue weighted by atomic mass is 10.0. The fourth-order valence-corrected chi connectivity index (χ4v) is 5.96. The SMILES string of the molecule is Cc1noc(C2CCN(c3ccc4ncnc(N)c4n3)C2)n1.Nc1ncnc2ccc(N3CCC(Cc4cccnc4)C3)nc12. The van der Waals surface area contributed by atoms with Gasteiger partial charge in [-0.25, -0.2) is 29.9 Å². The van der Waals surface area contributed by atoms with Crippen LogP contribution in [0, 0.1) is 12.8 Å². The molecule has 0 amide bonds. The standard InChI is InChI=1S/C17H18N6.C14H15N7O/c18-17-16-14(20-11-21-17)3-4-15(22-16)23-7-5-13(10-23)8-12-2-1-6-19-9-12;1-8-18-14(22-20-8)9-4-5-21(6-9)11-3-2-10-12(19-11)13(15)17-7-16-10/h1-4,6,9,11,13H,5,7-8,10H2,(H2,18,20,21);2-3,7,9H,4-6H2,1H3,(H2,15,16,17). The zero-order valence-corrected chi connectivity index (χ0v) is 24.9. The Morgan fingerprint density at radius 1 is 0.800 bits per heavy atom. The van der Waals surface area contributed by atoms with Crippen LogP contribution in [0.2, 0.25) is 0 Å². The molecular weight excluding hydrogens is 570 g/mol. The smallest absolute Gasteiger partial charge is 0.231 e. The van der Waals surface area contributed by atoms with E-state index in [1.807, 2.05) is 49.6 Å². The lowest BCUT2D eigenvalue weighted by Crippen LogP contribution is -2.21. The molecule has 2 aliphatic rings. The van der Waals surface area contributed by atoms with Crippen LogP contribution in [0.25, 0.3) is 22.1 Å². The van der Waals surface area contributed by atoms with Gasteiger partial charge in [-0.05, 0) is 68.0 Å². The highest BCUT2D eigenvalue weighted by Crippen LogP contribution is 2.30. The second-order valence-corrected chi connectivity index (χ2v) is 11.4. The van der Waals surface area contributed by atoms with E-state index in [-0.39, 0.29) is 5.92 Å². The summed E-state index contributed by atoms with van der Waals surface area (Å²) in [5, 5.41) is 3.86. The molecule has 14 heteroatoms. The molecule has 2 saturated heterocycles. The first kappa shape index (κ1) is 28.3. The van der Waals surface area contributed by atoms with E-state index < -0.39 is 0 Å². The highest BCUT2D eigenvalue weighted by atomic mass is 16.5. The van der Waals surface area contributed by atoms with E-state index in [4.69, 9.17) is 16.0 Å². The van der Waals surface area contributed by atoms with Crippen LogP contribution < -0.4 is 21.3 Å². The van der Waals surface area contributed by atoms with Crippen LogP contribution in [0.4, 0.5) is 23.3 Å². The van der Waals surface area contributed by atoms with Crippen molar-refractivity contribution < 1.29 is 4.52 Å². The average Bonchev–Trinajstić information content (AvgIpc) is 3.84. The van der Waals surface area contributed by atoms with Crippen molar-refractivity contribution in [3.63, 3.8) is 0 Å². The van der Waals surface area contributed by atoms with Gasteiger partial charge in [-0.3, -0.25) is 4.98 Å². The molecule has 0 aliphatic carbocycles. The number of aryl methyl sites for hydroxylation is 1. The Hall–Kier alpha value is -5.53. The highest BCUT2D eigenvalue weighted by molar-refractivity contribution is 5.85. The van der Waals surface area contributed by atoms with E-state index in [1.165, 1.54) is 18.2 Å². The van der Waals surface area contributed by atoms with Crippen LogP contribution in [0.5, 0.6) is 0 Å². The van der Waals surface area contributed by atoms with Crippen molar-refractivity contribution in [2.24, 2.45) is 5.92 Å². The van der Waals surface area contributed by atoms with Crippen molar-refractivity contribution in [3.8, 4) is 0 Å². The van der Waals surface area contributed by atoms with Gasteiger partial charge in [0.15, 0.2) is 17.5 Å². The quantitative estimate of drug-likeness (QED) is 0.292. The van der Waals surface area contributed by atoms with Gasteiger partial charge in [0.05, 0.1) is 17.0 Å². The van der Waals surface area contributed by atoms with Crippen molar-refractivity contribution in [3.05, 3.63) is 78.7 Å². The summed E-state index contributed by atoms with van der Waals surface area (Å²) in [6.07, 6.45) is 9.87. The van der Waals surface area contributed by atoms with E-state index in [2.05, 4.69) is 60.9 Å². The third kappa shape index (κ3) is 6.12. The molecule has 2 unspecified atom stereocenters. The first-order chi connectivity index (χ1) is 22.0. The van der Waals surface area contributed by atoms with Crippen LogP contribution >= 0.6 is 0 Å². The number of nitrogens with two attached hydrogens (primary N) is 2. The van der Waals surface area contributed by atoms with E-state index in [9.17, 15) is 0 Å². The van der Waals surface area contributed by atoms with Crippen molar-refractivity contribution >= 4 is 45.3 Å². The zero-order chi connectivity index (χ0) is 30.8. The summed E-state index contributed by atoms with van der Waals surface area (Å²) in [6.45, 7) is 5.53. The number of hydrogen-bond acceptors (Lipinski definition) is 14. The normalized spacial score (nSPS) is 18.0. The molecular formula is C31H33N13O. The molecule has 0 spiro atoms. The monoisotopic (exact) mass is 603 g/mol. The van der Waals surface area contributed by atoms with Gasteiger partial charge in [0.1, 0.15) is 35.3 Å². The van der Waals surface area contributed by atoms with Gasteiger partial charge < -0.3 is 25.8 Å². The summed E-state index contributed by atoms with van der Waals surface area (Å²) in [6, 6.07) is 12.0. The van der Waals surface area contributed by atoms with Gasteiger partial charge in [-0.2, -0.15) is 4.98 Å². The predicted octanol–water partition coefficient (Wildman–Crippen LogP) is 3.36. The van der Waals surface area contributed by atoms with Crippen LogP contribution in [-0.4, -0.2) is 71.2 Å². The highest BCUT2D eigenvalue weighted by Gasteiger charge is 2.29. The van der Waals surface area contributed by atoms with Crippen LogP contribution in [0.15, 0.2) is 66.0 Å². The second-order valence-electron chi connectivity index (χ2n) is 11.4. The Labute approximate surface area is 259 Å². The number of anilines is 4. The summed E-state index contributed by atoms with van der Waals surface area (Å²) in [7, 11) is 0. The minimum absolute atomic E-state index is 0.239. The molecule has 14 nitrogen and oxygen atoms in total. The van der Waals surface area contributed by atoms with E-state index in [0.717, 1.165) is 68.1 Å². The molecule has 2 aliphatic heterocycles. The molecule has 2 atom stereocenters. The number of nitrogen functional groups attached to an aromatic ring is 2. The van der Waals surface area contributed by atoms with Crippen LogP contribution in [-0.2, 0) is 6.42 Å². The lowest BCUT2D eigenvalue weighted by Gasteiger charge is -2.18. The van der Waals surface area contributed by atoms with Gasteiger partial charge in [0.2, 0.25) is 5.89 Å². The van der Waals surface area contributed by atoms with E-state index >= 15 is 0 Å². The minimum Gasteiger partial charge on any atom is -0.382 e. The Bertz CT molecular complexity index is 1930. The summed E-state index contributed by atoms with van der Waals surface area (Å²) in [5.41, 5.74) is 15.9. The maximum absolute atomic E-state index is 5.91. The van der Waals surface area contributed by atoms with Crippen molar-refractivity contribution in [2.45, 2.75) is 32.1 Å². The van der Waals surface area contributed by atoms with Gasteiger partial charge in [-0.1, -0.05) is 11.2 Å². The third-order valence-electron chi connectivity index (χ3n) is 8.25. The topological polar surface area (TPSA) is 188 Å². The molecule has 45 heavy (non-hydrogen) atoms. The summed E-state index contributed by atoms with van der Waals surface area (Å²) < 4.78 is 5.27. The molecule has 228 valence electrons. The number of hydrogen-bond donors (Lipinski definition) is 2. The largest absolute Gasteiger partial charge is 0.382 e.